The number of hydrogen-bond donors (Lipinski definition) is 2. The molecule has 0 radical (unpaired) electrons. The molecule has 0 bridgehead atoms. The quantitative estimate of drug-likeness (QED) is 0.797. The normalized spacial score (nSPS) is 19.1. The molecule has 2 aromatic carbocycles. The number of aryl methyl sites for hydroxylation is 2. The lowest BCUT2D eigenvalue weighted by atomic mass is 9.81. The van der Waals surface area contributed by atoms with Gasteiger partial charge in [-0.25, -0.2) is 0 Å². The first kappa shape index (κ1) is 20.1. The summed E-state index contributed by atoms with van der Waals surface area (Å²) < 4.78 is 0. The molecule has 3 rings (SSSR count). The van der Waals surface area contributed by atoms with Crippen molar-refractivity contribution in [1.82, 2.24) is 10.6 Å². The summed E-state index contributed by atoms with van der Waals surface area (Å²) in [7, 11) is 0. The van der Waals surface area contributed by atoms with Crippen molar-refractivity contribution >= 4 is 11.8 Å². The molecule has 28 heavy (non-hydrogen) atoms. The molecule has 4 nitrogen and oxygen atoms in total. The Morgan fingerprint density at radius 2 is 1.14 bits per heavy atom. The summed E-state index contributed by atoms with van der Waals surface area (Å²) in [6.45, 7) is 5.24. The maximum Gasteiger partial charge on any atom is 0.223 e. The van der Waals surface area contributed by atoms with Crippen molar-refractivity contribution in [3.8, 4) is 0 Å². The lowest BCUT2D eigenvalue weighted by Gasteiger charge is -2.27. The summed E-state index contributed by atoms with van der Waals surface area (Å²) in [6.07, 6.45) is 3.12. The Morgan fingerprint density at radius 1 is 0.750 bits per heavy atom. The first-order valence-corrected chi connectivity index (χ1v) is 10.2. The van der Waals surface area contributed by atoms with Gasteiger partial charge in [0.05, 0.1) is 0 Å². The van der Waals surface area contributed by atoms with E-state index in [1.807, 2.05) is 24.3 Å². The number of benzene rings is 2. The van der Waals surface area contributed by atoms with Gasteiger partial charge in [0.15, 0.2) is 0 Å². The molecule has 0 heterocycles. The highest BCUT2D eigenvalue weighted by molar-refractivity contribution is 5.81. The van der Waals surface area contributed by atoms with E-state index in [0.717, 1.165) is 36.8 Å². The van der Waals surface area contributed by atoms with Crippen LogP contribution in [0.3, 0.4) is 0 Å². The third-order valence-corrected chi connectivity index (χ3v) is 5.57. The predicted octanol–water partition coefficient (Wildman–Crippen LogP) is 4.04. The Bertz CT molecular complexity index is 753. The minimum atomic E-state index is 0.0191. The van der Waals surface area contributed by atoms with Crippen LogP contribution >= 0.6 is 0 Å². The van der Waals surface area contributed by atoms with Gasteiger partial charge in [0.2, 0.25) is 11.8 Å². The Kier molecular flexibility index (Phi) is 6.85. The summed E-state index contributed by atoms with van der Waals surface area (Å²) in [5.74, 6) is 0.261. The maximum absolute atomic E-state index is 12.5. The fourth-order valence-electron chi connectivity index (χ4n) is 3.93. The summed E-state index contributed by atoms with van der Waals surface area (Å²) in [4.78, 5) is 24.9. The molecule has 1 saturated carbocycles. The molecule has 0 aromatic heterocycles. The lowest BCUT2D eigenvalue weighted by Crippen LogP contribution is -2.37. The topological polar surface area (TPSA) is 58.2 Å². The van der Waals surface area contributed by atoms with Crippen LogP contribution in [0.5, 0.6) is 0 Å². The van der Waals surface area contributed by atoms with Crippen LogP contribution in [0.25, 0.3) is 0 Å². The van der Waals surface area contributed by atoms with Crippen LogP contribution < -0.4 is 10.6 Å². The number of nitrogens with one attached hydrogen (secondary N) is 2. The zero-order valence-corrected chi connectivity index (χ0v) is 16.8. The third-order valence-electron chi connectivity index (χ3n) is 5.57. The summed E-state index contributed by atoms with van der Waals surface area (Å²) >= 11 is 0. The number of hydrogen-bond acceptors (Lipinski definition) is 2. The minimum absolute atomic E-state index is 0.0191. The molecule has 0 unspecified atom stereocenters. The van der Waals surface area contributed by atoms with Gasteiger partial charge in [-0.15, -0.1) is 0 Å². The van der Waals surface area contributed by atoms with Gasteiger partial charge in [0.1, 0.15) is 0 Å². The van der Waals surface area contributed by atoms with E-state index in [2.05, 4.69) is 48.7 Å². The van der Waals surface area contributed by atoms with Crippen molar-refractivity contribution in [2.75, 3.05) is 0 Å². The van der Waals surface area contributed by atoms with Crippen LogP contribution in [-0.4, -0.2) is 11.8 Å². The van der Waals surface area contributed by atoms with Gasteiger partial charge in [0.25, 0.3) is 0 Å². The van der Waals surface area contributed by atoms with E-state index in [-0.39, 0.29) is 23.7 Å². The Balaban J connectivity index is 1.40. The molecular weight excluding hydrogens is 348 g/mol. The molecule has 0 spiro atoms. The van der Waals surface area contributed by atoms with Crippen LogP contribution in [0, 0.1) is 25.7 Å². The SMILES string of the molecule is Cc1cccc(CNC(=O)C2CCC(C(=O)NCc3cccc(C)c3)CC2)c1. The smallest absolute Gasteiger partial charge is 0.223 e. The van der Waals surface area contributed by atoms with Crippen LogP contribution in [0.15, 0.2) is 48.5 Å². The second-order valence-electron chi connectivity index (χ2n) is 7.96. The number of carbonyl (C=O) groups is 2. The highest BCUT2D eigenvalue weighted by Crippen LogP contribution is 2.29. The Morgan fingerprint density at radius 3 is 1.50 bits per heavy atom. The zero-order valence-electron chi connectivity index (χ0n) is 16.8. The van der Waals surface area contributed by atoms with E-state index in [1.165, 1.54) is 11.1 Å². The van der Waals surface area contributed by atoms with Gasteiger partial charge in [0, 0.05) is 24.9 Å². The van der Waals surface area contributed by atoms with E-state index in [0.29, 0.717) is 13.1 Å². The van der Waals surface area contributed by atoms with Crippen LogP contribution in [0.2, 0.25) is 0 Å². The van der Waals surface area contributed by atoms with Crippen LogP contribution in [-0.2, 0) is 22.7 Å². The lowest BCUT2D eigenvalue weighted by molar-refractivity contribution is -0.130. The number of amides is 2. The largest absolute Gasteiger partial charge is 0.352 e. The highest BCUT2D eigenvalue weighted by Gasteiger charge is 2.29. The summed E-state index contributed by atoms with van der Waals surface area (Å²) in [5.41, 5.74) is 4.64. The van der Waals surface area contributed by atoms with Crippen molar-refractivity contribution in [3.63, 3.8) is 0 Å². The van der Waals surface area contributed by atoms with Gasteiger partial charge in [-0.2, -0.15) is 0 Å². The van der Waals surface area contributed by atoms with Gasteiger partial charge in [-0.05, 0) is 50.7 Å². The van der Waals surface area contributed by atoms with Gasteiger partial charge in [-0.3, -0.25) is 9.59 Å². The second kappa shape index (κ2) is 9.54. The van der Waals surface area contributed by atoms with Gasteiger partial charge in [-0.1, -0.05) is 59.7 Å². The van der Waals surface area contributed by atoms with E-state index in [1.54, 1.807) is 0 Å². The van der Waals surface area contributed by atoms with Crippen molar-refractivity contribution in [1.29, 1.82) is 0 Å². The molecule has 0 atom stereocenters. The van der Waals surface area contributed by atoms with Crippen molar-refractivity contribution in [2.24, 2.45) is 11.8 Å². The molecule has 2 amide bonds. The number of carbonyl (C=O) groups excluding carboxylic acids is 2. The molecular formula is C24H30N2O2. The molecule has 1 fully saturated rings. The van der Waals surface area contributed by atoms with E-state index >= 15 is 0 Å². The van der Waals surface area contributed by atoms with E-state index in [9.17, 15) is 9.59 Å². The molecule has 0 aliphatic heterocycles. The second-order valence-corrected chi connectivity index (χ2v) is 7.96. The maximum atomic E-state index is 12.5. The van der Waals surface area contributed by atoms with Crippen molar-refractivity contribution in [2.45, 2.75) is 52.6 Å². The molecule has 148 valence electrons. The van der Waals surface area contributed by atoms with Gasteiger partial charge < -0.3 is 10.6 Å². The van der Waals surface area contributed by atoms with Crippen LogP contribution in [0.1, 0.15) is 47.9 Å². The zero-order chi connectivity index (χ0) is 19.9. The Labute approximate surface area is 167 Å². The average molecular weight is 379 g/mol. The fraction of sp³-hybridized carbons (Fsp3) is 0.417. The predicted molar refractivity (Wildman–Crippen MR) is 111 cm³/mol. The van der Waals surface area contributed by atoms with Crippen LogP contribution in [0.4, 0.5) is 0 Å². The van der Waals surface area contributed by atoms with Gasteiger partial charge >= 0.3 is 0 Å². The monoisotopic (exact) mass is 378 g/mol. The summed E-state index contributed by atoms with van der Waals surface area (Å²) in [6, 6.07) is 16.4. The minimum Gasteiger partial charge on any atom is -0.352 e. The summed E-state index contributed by atoms with van der Waals surface area (Å²) in [5, 5.41) is 6.10. The molecule has 0 saturated heterocycles. The first-order chi connectivity index (χ1) is 13.5. The molecule has 1 aliphatic rings. The molecule has 2 N–H and O–H groups in total. The van der Waals surface area contributed by atoms with Crippen molar-refractivity contribution in [3.05, 3.63) is 70.8 Å². The first-order valence-electron chi connectivity index (χ1n) is 10.2. The van der Waals surface area contributed by atoms with E-state index < -0.39 is 0 Å². The molecule has 1 aliphatic carbocycles. The van der Waals surface area contributed by atoms with Crippen molar-refractivity contribution < 1.29 is 9.59 Å². The molecule has 2 aromatic rings. The fourth-order valence-corrected chi connectivity index (χ4v) is 3.93. The average Bonchev–Trinajstić information content (AvgIpc) is 2.70. The Hall–Kier alpha value is -2.62. The van der Waals surface area contributed by atoms with E-state index in [4.69, 9.17) is 0 Å². The molecule has 4 heteroatoms. The highest BCUT2D eigenvalue weighted by atomic mass is 16.2. The number of rotatable bonds is 6. The third kappa shape index (κ3) is 5.69. The standard InChI is InChI=1S/C24H30N2O2/c1-17-5-3-7-19(13-17)15-25-23(27)21-9-11-22(12-10-21)24(28)26-16-20-8-4-6-18(2)14-20/h3-8,13-14,21-22H,9-12,15-16H2,1-2H3,(H,25,27)(H,26,28).